The quantitative estimate of drug-likeness (QED) is 0.186. The zero-order valence-corrected chi connectivity index (χ0v) is 31.5. The lowest BCUT2D eigenvalue weighted by molar-refractivity contribution is 0.802. The molecule has 0 aliphatic heterocycles. The molecule has 0 saturated carbocycles. The summed E-state index contributed by atoms with van der Waals surface area (Å²) in [4.78, 5) is 4.06. The second-order valence-corrected chi connectivity index (χ2v) is 15.7. The summed E-state index contributed by atoms with van der Waals surface area (Å²) in [6.07, 6.45) is 0. The highest BCUT2D eigenvalue weighted by atomic mass is 15.1. The summed E-state index contributed by atoms with van der Waals surface area (Å²) in [5.74, 6) is 0. The van der Waals surface area contributed by atoms with Crippen LogP contribution in [0.2, 0.25) is 0 Å². The van der Waals surface area contributed by atoms with Gasteiger partial charge in [-0.2, -0.15) is 0 Å². The maximum atomic E-state index is 4.06. The molecule has 2 aliphatic carbocycles. The van der Waals surface area contributed by atoms with E-state index < -0.39 is 5.41 Å². The molecule has 3 nitrogen and oxygen atoms in total. The highest BCUT2D eigenvalue weighted by Gasteiger charge is 2.53. The lowest BCUT2D eigenvalue weighted by Crippen LogP contribution is -2.25. The highest BCUT2D eigenvalue weighted by molar-refractivity contribution is 6.16. The summed E-state index contributed by atoms with van der Waals surface area (Å²) in [6, 6.07) is 75.7. The zero-order valence-electron chi connectivity index (χ0n) is 31.5. The molecule has 13 rings (SSSR count). The van der Waals surface area contributed by atoms with Crippen molar-refractivity contribution in [2.75, 3.05) is 0 Å². The Morgan fingerprint density at radius 2 is 0.914 bits per heavy atom. The second kappa shape index (κ2) is 11.7. The van der Waals surface area contributed by atoms with Gasteiger partial charge in [0.25, 0.3) is 0 Å². The largest absolute Gasteiger partial charge is 0.340 e. The SMILES string of the molecule is c1ccc(-c2cc3ccccc3n2-c2ccc(-c3ccc(-n4c5ccccc5c5c6c([nH]c54)-c4ccccc4C64c5ccccc5-c5ccccc54)cc3)cc2)cc1. The van der Waals surface area contributed by atoms with Crippen LogP contribution in [0.4, 0.5) is 0 Å². The van der Waals surface area contributed by atoms with Gasteiger partial charge in [0, 0.05) is 38.7 Å². The molecule has 58 heavy (non-hydrogen) atoms. The van der Waals surface area contributed by atoms with E-state index in [0.29, 0.717) is 0 Å². The van der Waals surface area contributed by atoms with Crippen molar-refractivity contribution < 1.29 is 0 Å². The number of fused-ring (bicyclic) bond motifs is 15. The molecule has 0 bridgehead atoms. The molecule has 11 aromatic rings. The Morgan fingerprint density at radius 3 is 1.59 bits per heavy atom. The fourth-order valence-electron chi connectivity index (χ4n) is 10.6. The molecular weight excluding hydrogens is 703 g/mol. The standard InChI is InChI=1S/C55H35N3/c1-2-14-37(15-3-1)50-34-38-16-4-12-24-48(38)57(50)39-30-26-35(27-31-39)36-28-32-40(33-29-36)58-49-25-13-8-20-44(49)51-52-53(56-54(51)58)43-19-7-11-23-47(43)55(52)45-21-9-5-17-41(45)42-18-6-10-22-46(42)55/h1-34,56H. The third-order valence-corrected chi connectivity index (χ3v) is 12.9. The van der Waals surface area contributed by atoms with Crippen LogP contribution >= 0.6 is 0 Å². The number of hydrogen-bond donors (Lipinski definition) is 1. The molecule has 1 spiro atoms. The van der Waals surface area contributed by atoms with Crippen LogP contribution in [-0.2, 0) is 5.41 Å². The topological polar surface area (TPSA) is 25.6 Å². The van der Waals surface area contributed by atoms with Gasteiger partial charge < -0.3 is 9.55 Å². The minimum Gasteiger partial charge on any atom is -0.340 e. The Kier molecular flexibility index (Phi) is 6.37. The van der Waals surface area contributed by atoms with E-state index in [-0.39, 0.29) is 0 Å². The van der Waals surface area contributed by atoms with Crippen LogP contribution in [0, 0.1) is 0 Å². The molecule has 8 aromatic carbocycles. The third kappa shape index (κ3) is 4.07. The molecule has 1 N–H and O–H groups in total. The Bertz CT molecular complexity index is 3380. The Balaban J connectivity index is 0.955. The summed E-state index contributed by atoms with van der Waals surface area (Å²) in [6.45, 7) is 0. The number of benzene rings is 8. The van der Waals surface area contributed by atoms with Crippen molar-refractivity contribution in [3.63, 3.8) is 0 Å². The van der Waals surface area contributed by atoms with Crippen LogP contribution in [0.15, 0.2) is 206 Å². The summed E-state index contributed by atoms with van der Waals surface area (Å²) in [5.41, 5.74) is 20.7. The van der Waals surface area contributed by atoms with Crippen molar-refractivity contribution in [2.45, 2.75) is 5.41 Å². The number of nitrogens with zero attached hydrogens (tertiary/aromatic N) is 2. The fraction of sp³-hybridized carbons (Fsp3) is 0.0182. The predicted octanol–water partition coefficient (Wildman–Crippen LogP) is 13.7. The monoisotopic (exact) mass is 737 g/mol. The number of aromatic amines is 1. The first-order valence-electron chi connectivity index (χ1n) is 20.1. The first-order chi connectivity index (χ1) is 28.8. The van der Waals surface area contributed by atoms with Gasteiger partial charge in [-0.15, -0.1) is 0 Å². The molecule has 0 fully saturated rings. The van der Waals surface area contributed by atoms with Crippen molar-refractivity contribution in [1.82, 2.24) is 14.1 Å². The van der Waals surface area contributed by atoms with Crippen molar-refractivity contribution in [3.8, 4) is 56.1 Å². The summed E-state index contributed by atoms with van der Waals surface area (Å²) in [7, 11) is 0. The van der Waals surface area contributed by atoms with Crippen LogP contribution < -0.4 is 0 Å². The van der Waals surface area contributed by atoms with Crippen LogP contribution in [0.5, 0.6) is 0 Å². The molecule has 3 aromatic heterocycles. The normalized spacial score (nSPS) is 13.3. The Labute approximate surface area is 335 Å². The van der Waals surface area contributed by atoms with Crippen LogP contribution in [0.25, 0.3) is 89.0 Å². The number of H-pyrrole nitrogens is 1. The minimum absolute atomic E-state index is 0.420. The van der Waals surface area contributed by atoms with Crippen LogP contribution in [0.1, 0.15) is 22.3 Å². The van der Waals surface area contributed by atoms with E-state index in [0.717, 1.165) is 17.0 Å². The van der Waals surface area contributed by atoms with E-state index in [4.69, 9.17) is 0 Å². The van der Waals surface area contributed by atoms with E-state index in [1.54, 1.807) is 0 Å². The fourth-order valence-corrected chi connectivity index (χ4v) is 10.6. The summed E-state index contributed by atoms with van der Waals surface area (Å²) in [5, 5.41) is 3.79. The number of hydrogen-bond acceptors (Lipinski definition) is 0. The smallest absolute Gasteiger partial charge is 0.124 e. The van der Waals surface area contributed by atoms with Crippen molar-refractivity contribution in [2.24, 2.45) is 0 Å². The van der Waals surface area contributed by atoms with Gasteiger partial charge in [-0.25, -0.2) is 0 Å². The lowest BCUT2D eigenvalue weighted by atomic mass is 9.70. The molecule has 0 amide bonds. The van der Waals surface area contributed by atoms with E-state index in [1.165, 1.54) is 94.2 Å². The van der Waals surface area contributed by atoms with Gasteiger partial charge >= 0.3 is 0 Å². The van der Waals surface area contributed by atoms with E-state index in [2.05, 4.69) is 220 Å². The molecule has 3 heterocycles. The average Bonchev–Trinajstić information content (AvgIpc) is 4.08. The maximum absolute atomic E-state index is 4.06. The first kappa shape index (κ1) is 31.6. The number of nitrogens with one attached hydrogen (secondary N) is 1. The first-order valence-corrected chi connectivity index (χ1v) is 20.1. The van der Waals surface area contributed by atoms with Gasteiger partial charge in [0.15, 0.2) is 0 Å². The maximum Gasteiger partial charge on any atom is 0.124 e. The number of aromatic nitrogens is 3. The molecular formula is C55H35N3. The van der Waals surface area contributed by atoms with Crippen LogP contribution in [0.3, 0.4) is 0 Å². The lowest BCUT2D eigenvalue weighted by Gasteiger charge is -2.30. The Hall–Kier alpha value is -7.62. The van der Waals surface area contributed by atoms with Crippen molar-refractivity contribution in [3.05, 3.63) is 229 Å². The van der Waals surface area contributed by atoms with Gasteiger partial charge in [0.2, 0.25) is 0 Å². The van der Waals surface area contributed by atoms with Crippen molar-refractivity contribution >= 4 is 32.8 Å². The molecule has 3 heteroatoms. The molecule has 0 radical (unpaired) electrons. The van der Waals surface area contributed by atoms with Gasteiger partial charge in [-0.3, -0.25) is 4.57 Å². The molecule has 2 aliphatic rings. The predicted molar refractivity (Wildman–Crippen MR) is 239 cm³/mol. The molecule has 0 atom stereocenters. The highest BCUT2D eigenvalue weighted by Crippen LogP contribution is 2.64. The van der Waals surface area contributed by atoms with Gasteiger partial charge in [-0.05, 0) is 87.0 Å². The van der Waals surface area contributed by atoms with Gasteiger partial charge in [-0.1, -0.05) is 164 Å². The third-order valence-electron chi connectivity index (χ3n) is 12.9. The van der Waals surface area contributed by atoms with Gasteiger partial charge in [0.1, 0.15) is 5.65 Å². The van der Waals surface area contributed by atoms with E-state index >= 15 is 0 Å². The van der Waals surface area contributed by atoms with Gasteiger partial charge in [0.05, 0.1) is 27.8 Å². The van der Waals surface area contributed by atoms with E-state index in [1.807, 2.05) is 0 Å². The summed E-state index contributed by atoms with van der Waals surface area (Å²) < 4.78 is 4.81. The number of rotatable bonds is 4. The molecule has 0 unspecified atom stereocenters. The number of para-hydroxylation sites is 2. The van der Waals surface area contributed by atoms with E-state index in [9.17, 15) is 0 Å². The second-order valence-electron chi connectivity index (χ2n) is 15.7. The minimum atomic E-state index is -0.420. The molecule has 270 valence electrons. The average molecular weight is 738 g/mol. The zero-order chi connectivity index (χ0) is 38.0. The summed E-state index contributed by atoms with van der Waals surface area (Å²) >= 11 is 0. The Morgan fingerprint density at radius 1 is 0.397 bits per heavy atom. The molecule has 0 saturated heterocycles. The van der Waals surface area contributed by atoms with Crippen molar-refractivity contribution in [1.29, 1.82) is 0 Å². The van der Waals surface area contributed by atoms with Crippen LogP contribution in [-0.4, -0.2) is 14.1 Å².